The van der Waals surface area contributed by atoms with Crippen molar-refractivity contribution in [3.63, 3.8) is 0 Å². The molecule has 1 aliphatic rings. The van der Waals surface area contributed by atoms with E-state index in [1.165, 1.54) is 4.31 Å². The lowest BCUT2D eigenvalue weighted by Gasteiger charge is -2.30. The van der Waals surface area contributed by atoms with Crippen molar-refractivity contribution < 1.29 is 13.2 Å². The second-order valence-electron chi connectivity index (χ2n) is 7.02. The number of halogens is 3. The van der Waals surface area contributed by atoms with Crippen molar-refractivity contribution in [2.24, 2.45) is 5.92 Å². The summed E-state index contributed by atoms with van der Waals surface area (Å²) >= 11 is 17.7. The third-order valence-corrected chi connectivity index (χ3v) is 7.77. The Morgan fingerprint density at radius 3 is 2.21 bits per heavy atom. The molecule has 2 aromatic carbocycles. The zero-order chi connectivity index (χ0) is 21.0. The number of carbonyl (C=O) groups is 1. The fourth-order valence-electron chi connectivity index (χ4n) is 3.26. The Bertz CT molecular complexity index is 973. The number of hydrogen-bond acceptors (Lipinski definition) is 3. The molecule has 1 heterocycles. The Hall–Kier alpha value is -1.31. The predicted molar refractivity (Wildman–Crippen MR) is 117 cm³/mol. The summed E-state index contributed by atoms with van der Waals surface area (Å²) in [5.74, 6) is -0.391. The van der Waals surface area contributed by atoms with E-state index >= 15 is 0 Å². The van der Waals surface area contributed by atoms with Gasteiger partial charge < -0.3 is 5.32 Å². The van der Waals surface area contributed by atoms with E-state index in [1.54, 1.807) is 30.3 Å². The molecule has 3 rings (SSSR count). The molecule has 0 aliphatic carbocycles. The number of piperidine rings is 1. The van der Waals surface area contributed by atoms with Crippen LogP contribution in [0, 0.1) is 5.92 Å². The van der Waals surface area contributed by atoms with Crippen LogP contribution in [-0.4, -0.2) is 31.7 Å². The van der Waals surface area contributed by atoms with Gasteiger partial charge in [0.05, 0.1) is 15.8 Å². The van der Waals surface area contributed by atoms with Crippen LogP contribution in [0.25, 0.3) is 0 Å². The van der Waals surface area contributed by atoms with Crippen molar-refractivity contribution >= 4 is 50.7 Å². The van der Waals surface area contributed by atoms with Gasteiger partial charge in [-0.3, -0.25) is 4.79 Å². The molecular weight excluding hydrogens is 455 g/mol. The molecule has 9 heteroatoms. The Kier molecular flexibility index (Phi) is 7.46. The van der Waals surface area contributed by atoms with Gasteiger partial charge in [-0.25, -0.2) is 12.7 Å². The van der Waals surface area contributed by atoms with Crippen LogP contribution < -0.4 is 5.32 Å². The maximum absolute atomic E-state index is 12.7. The number of benzene rings is 2. The standard InChI is InChI=1S/C20H21Cl3N2O3S/c21-17-4-1-14(2-5-17)12-24-20(26)16-7-9-25(10-8-16)29(27,28)13-15-3-6-18(22)19(23)11-15/h1-6,11,16H,7-10,12-13H2,(H,24,26). The van der Waals surface area contributed by atoms with Crippen molar-refractivity contribution in [3.8, 4) is 0 Å². The molecule has 0 radical (unpaired) electrons. The third kappa shape index (κ3) is 6.09. The van der Waals surface area contributed by atoms with Gasteiger partial charge in [-0.2, -0.15) is 0 Å². The Balaban J connectivity index is 1.51. The zero-order valence-electron chi connectivity index (χ0n) is 15.6. The maximum Gasteiger partial charge on any atom is 0.223 e. The molecule has 2 aromatic rings. The van der Waals surface area contributed by atoms with Crippen LogP contribution in [0.3, 0.4) is 0 Å². The van der Waals surface area contributed by atoms with Gasteiger partial charge >= 0.3 is 0 Å². The highest BCUT2D eigenvalue weighted by atomic mass is 35.5. The van der Waals surface area contributed by atoms with Gasteiger partial charge in [-0.15, -0.1) is 0 Å². The molecule has 1 amide bonds. The second kappa shape index (κ2) is 9.67. The smallest absolute Gasteiger partial charge is 0.223 e. The normalized spacial score (nSPS) is 16.0. The summed E-state index contributed by atoms with van der Waals surface area (Å²) in [6.07, 6.45) is 0.986. The minimum Gasteiger partial charge on any atom is -0.352 e. The van der Waals surface area contributed by atoms with E-state index in [2.05, 4.69) is 5.32 Å². The predicted octanol–water partition coefficient (Wildman–Crippen LogP) is 4.51. The van der Waals surface area contributed by atoms with E-state index in [9.17, 15) is 13.2 Å². The van der Waals surface area contributed by atoms with Gasteiger partial charge in [0.1, 0.15) is 0 Å². The van der Waals surface area contributed by atoms with E-state index in [0.29, 0.717) is 53.1 Å². The van der Waals surface area contributed by atoms with Crippen LogP contribution in [0.4, 0.5) is 0 Å². The molecule has 1 saturated heterocycles. The van der Waals surface area contributed by atoms with Crippen molar-refractivity contribution in [3.05, 3.63) is 68.7 Å². The monoisotopic (exact) mass is 474 g/mol. The van der Waals surface area contributed by atoms with Gasteiger partial charge in [0, 0.05) is 30.6 Å². The Morgan fingerprint density at radius 1 is 0.966 bits per heavy atom. The van der Waals surface area contributed by atoms with Gasteiger partial charge in [-0.1, -0.05) is 53.0 Å². The highest BCUT2D eigenvalue weighted by Crippen LogP contribution is 2.26. The lowest BCUT2D eigenvalue weighted by atomic mass is 9.97. The van der Waals surface area contributed by atoms with E-state index < -0.39 is 10.0 Å². The van der Waals surface area contributed by atoms with E-state index in [1.807, 2.05) is 12.1 Å². The molecule has 156 valence electrons. The molecule has 0 bridgehead atoms. The first-order valence-corrected chi connectivity index (χ1v) is 11.9. The first kappa shape index (κ1) is 22.4. The minimum atomic E-state index is -3.49. The number of nitrogens with one attached hydrogen (secondary N) is 1. The quantitative estimate of drug-likeness (QED) is 0.669. The molecule has 0 aromatic heterocycles. The van der Waals surface area contributed by atoms with Crippen molar-refractivity contribution in [1.82, 2.24) is 9.62 Å². The molecule has 29 heavy (non-hydrogen) atoms. The summed E-state index contributed by atoms with van der Waals surface area (Å²) in [6, 6.07) is 12.1. The first-order valence-electron chi connectivity index (χ1n) is 9.18. The topological polar surface area (TPSA) is 66.5 Å². The average molecular weight is 476 g/mol. The van der Waals surface area contributed by atoms with Crippen LogP contribution in [0.15, 0.2) is 42.5 Å². The van der Waals surface area contributed by atoms with Gasteiger partial charge in [0.2, 0.25) is 15.9 Å². The van der Waals surface area contributed by atoms with Gasteiger partial charge in [0.15, 0.2) is 0 Å². The number of carbonyl (C=O) groups excluding carboxylic acids is 1. The number of nitrogens with zero attached hydrogens (tertiary/aromatic N) is 1. The van der Waals surface area contributed by atoms with Crippen LogP contribution in [0.2, 0.25) is 15.1 Å². The SMILES string of the molecule is O=C(NCc1ccc(Cl)cc1)C1CCN(S(=O)(=O)Cc2ccc(Cl)c(Cl)c2)CC1. The molecule has 1 fully saturated rings. The van der Waals surface area contributed by atoms with Crippen LogP contribution in [-0.2, 0) is 27.1 Å². The largest absolute Gasteiger partial charge is 0.352 e. The van der Waals surface area contributed by atoms with E-state index in [-0.39, 0.29) is 17.6 Å². The average Bonchev–Trinajstić information content (AvgIpc) is 2.70. The maximum atomic E-state index is 12.7. The third-order valence-electron chi connectivity index (χ3n) is 4.93. The summed E-state index contributed by atoms with van der Waals surface area (Å²) in [5.41, 5.74) is 1.55. The molecule has 1 N–H and O–H groups in total. The lowest BCUT2D eigenvalue weighted by Crippen LogP contribution is -2.43. The lowest BCUT2D eigenvalue weighted by molar-refractivity contribution is -0.126. The van der Waals surface area contributed by atoms with Crippen LogP contribution >= 0.6 is 34.8 Å². The summed E-state index contributed by atoms with van der Waals surface area (Å²) < 4.78 is 26.9. The number of sulfonamides is 1. The highest BCUT2D eigenvalue weighted by molar-refractivity contribution is 7.88. The summed E-state index contributed by atoms with van der Waals surface area (Å²) in [5, 5.41) is 4.28. The van der Waals surface area contributed by atoms with Crippen molar-refractivity contribution in [2.45, 2.75) is 25.1 Å². The van der Waals surface area contributed by atoms with Crippen LogP contribution in [0.1, 0.15) is 24.0 Å². The minimum absolute atomic E-state index is 0.0542. The van der Waals surface area contributed by atoms with Crippen molar-refractivity contribution in [1.29, 1.82) is 0 Å². The van der Waals surface area contributed by atoms with Gasteiger partial charge in [0.25, 0.3) is 0 Å². The number of rotatable bonds is 6. The number of hydrogen-bond donors (Lipinski definition) is 1. The summed E-state index contributed by atoms with van der Waals surface area (Å²) in [6.45, 7) is 1.07. The fraction of sp³-hybridized carbons (Fsp3) is 0.350. The second-order valence-corrected chi connectivity index (χ2v) is 10.2. The highest BCUT2D eigenvalue weighted by Gasteiger charge is 2.31. The molecule has 0 saturated carbocycles. The van der Waals surface area contributed by atoms with Crippen molar-refractivity contribution in [2.75, 3.05) is 13.1 Å². The van der Waals surface area contributed by atoms with Crippen LogP contribution in [0.5, 0.6) is 0 Å². The molecule has 0 unspecified atom stereocenters. The zero-order valence-corrected chi connectivity index (χ0v) is 18.7. The Morgan fingerprint density at radius 2 is 1.59 bits per heavy atom. The molecule has 0 spiro atoms. The fourth-order valence-corrected chi connectivity index (χ4v) is 5.26. The molecule has 5 nitrogen and oxygen atoms in total. The molecular formula is C20H21Cl3N2O3S. The van der Waals surface area contributed by atoms with E-state index in [4.69, 9.17) is 34.8 Å². The first-order chi connectivity index (χ1) is 13.7. The number of amides is 1. The van der Waals surface area contributed by atoms with E-state index in [0.717, 1.165) is 5.56 Å². The Labute approximate surface area is 186 Å². The summed E-state index contributed by atoms with van der Waals surface area (Å²) in [7, 11) is -3.49. The summed E-state index contributed by atoms with van der Waals surface area (Å²) in [4.78, 5) is 12.4. The van der Waals surface area contributed by atoms with Gasteiger partial charge in [-0.05, 0) is 48.2 Å². The molecule has 1 aliphatic heterocycles. The molecule has 0 atom stereocenters.